The van der Waals surface area contributed by atoms with Crippen LogP contribution in [0, 0.1) is 5.92 Å². The van der Waals surface area contributed by atoms with Crippen LogP contribution in [0.5, 0.6) is 0 Å². The van der Waals surface area contributed by atoms with Crippen LogP contribution in [0.2, 0.25) is 0 Å². The van der Waals surface area contributed by atoms with Crippen molar-refractivity contribution >= 4 is 17.2 Å². The van der Waals surface area contributed by atoms with Gasteiger partial charge in [-0.05, 0) is 47.9 Å². The van der Waals surface area contributed by atoms with Gasteiger partial charge in [0.15, 0.2) is 0 Å². The average Bonchev–Trinajstić information content (AvgIpc) is 3.16. The molecule has 0 unspecified atom stereocenters. The Kier molecular flexibility index (Phi) is 4.14. The molecule has 0 N–H and O–H groups in total. The van der Waals surface area contributed by atoms with E-state index in [0.717, 1.165) is 37.0 Å². The Morgan fingerprint density at radius 3 is 2.70 bits per heavy atom. The first-order valence-electron chi connectivity index (χ1n) is 8.25. The summed E-state index contributed by atoms with van der Waals surface area (Å²) in [4.78, 5) is 21.8. The summed E-state index contributed by atoms with van der Waals surface area (Å²) in [5.41, 5.74) is 1.31. The number of pyridine rings is 1. The molecule has 5 heteroatoms. The number of amides is 1. The maximum Gasteiger partial charge on any atom is 0.264 e. The maximum absolute atomic E-state index is 12.4. The number of carbonyl (C=O) groups excluding carboxylic acids is 1. The first-order valence-corrected chi connectivity index (χ1v) is 9.13. The summed E-state index contributed by atoms with van der Waals surface area (Å²) in [6.45, 7) is 3.84. The number of carbonyl (C=O) groups is 1. The summed E-state index contributed by atoms with van der Waals surface area (Å²) in [5, 5.41) is 1.97. The van der Waals surface area contributed by atoms with Crippen molar-refractivity contribution in [2.75, 3.05) is 19.6 Å². The van der Waals surface area contributed by atoms with E-state index in [4.69, 9.17) is 0 Å². The third-order valence-electron chi connectivity index (χ3n) is 4.72. The van der Waals surface area contributed by atoms with Crippen molar-refractivity contribution in [3.8, 4) is 0 Å². The lowest BCUT2D eigenvalue weighted by Gasteiger charge is -2.45. The fourth-order valence-corrected chi connectivity index (χ4v) is 3.80. The molecule has 0 spiro atoms. The summed E-state index contributed by atoms with van der Waals surface area (Å²) < 4.78 is 0. The summed E-state index contributed by atoms with van der Waals surface area (Å²) in [6, 6.07) is 8.53. The molecule has 4 rings (SSSR count). The quantitative estimate of drug-likeness (QED) is 0.818. The molecule has 0 aromatic carbocycles. The van der Waals surface area contributed by atoms with Gasteiger partial charge in [0.05, 0.1) is 4.88 Å². The second kappa shape index (κ2) is 6.42. The lowest BCUT2D eigenvalue weighted by Crippen LogP contribution is -2.61. The van der Waals surface area contributed by atoms with Crippen LogP contribution in [0.4, 0.5) is 0 Å². The number of likely N-dealkylation sites (tertiary alicyclic amines) is 1. The van der Waals surface area contributed by atoms with E-state index in [1.165, 1.54) is 29.7 Å². The average molecular weight is 327 g/mol. The minimum Gasteiger partial charge on any atom is -0.335 e. The van der Waals surface area contributed by atoms with Crippen LogP contribution in [-0.2, 0) is 6.54 Å². The lowest BCUT2D eigenvalue weighted by atomic mass is 10.0. The van der Waals surface area contributed by atoms with Crippen LogP contribution >= 0.6 is 11.3 Å². The van der Waals surface area contributed by atoms with Gasteiger partial charge in [-0.3, -0.25) is 14.7 Å². The van der Waals surface area contributed by atoms with E-state index in [1.807, 2.05) is 34.8 Å². The van der Waals surface area contributed by atoms with E-state index in [-0.39, 0.29) is 5.91 Å². The number of hydrogen-bond acceptors (Lipinski definition) is 4. The van der Waals surface area contributed by atoms with Gasteiger partial charge in [0, 0.05) is 44.6 Å². The molecule has 1 aliphatic heterocycles. The van der Waals surface area contributed by atoms with Gasteiger partial charge in [-0.2, -0.15) is 0 Å². The van der Waals surface area contributed by atoms with Gasteiger partial charge in [-0.25, -0.2) is 0 Å². The van der Waals surface area contributed by atoms with E-state index < -0.39 is 0 Å². The first kappa shape index (κ1) is 14.8. The molecule has 0 bridgehead atoms. The predicted octanol–water partition coefficient (Wildman–Crippen LogP) is 2.88. The van der Waals surface area contributed by atoms with E-state index in [9.17, 15) is 4.79 Å². The molecule has 2 aromatic rings. The second-order valence-electron chi connectivity index (χ2n) is 6.57. The molecule has 1 amide bonds. The first-order chi connectivity index (χ1) is 11.3. The van der Waals surface area contributed by atoms with Gasteiger partial charge in [0.1, 0.15) is 0 Å². The van der Waals surface area contributed by atoms with Crippen molar-refractivity contribution in [2.45, 2.75) is 25.4 Å². The highest BCUT2D eigenvalue weighted by atomic mass is 32.1. The summed E-state index contributed by atoms with van der Waals surface area (Å²) in [7, 11) is 0. The molecule has 2 aromatic heterocycles. The van der Waals surface area contributed by atoms with Crippen molar-refractivity contribution < 1.29 is 4.79 Å². The molecule has 1 saturated heterocycles. The number of aromatic nitrogens is 1. The molecule has 0 atom stereocenters. The van der Waals surface area contributed by atoms with E-state index in [1.54, 1.807) is 0 Å². The van der Waals surface area contributed by atoms with E-state index >= 15 is 0 Å². The van der Waals surface area contributed by atoms with E-state index in [0.29, 0.717) is 6.04 Å². The van der Waals surface area contributed by atoms with Crippen molar-refractivity contribution in [3.05, 3.63) is 52.5 Å². The third-order valence-corrected chi connectivity index (χ3v) is 5.58. The van der Waals surface area contributed by atoms with Crippen molar-refractivity contribution in [3.63, 3.8) is 0 Å². The van der Waals surface area contributed by atoms with Crippen LogP contribution in [0.15, 0.2) is 42.0 Å². The molecule has 4 nitrogen and oxygen atoms in total. The standard InChI is InChI=1S/C18H21N3OS/c22-18(17-2-1-9-23-17)21-12-16(13-21)20(10-14-3-4-14)11-15-5-7-19-8-6-15/h1-2,5-9,14,16H,3-4,10-13H2. The number of rotatable bonds is 6. The fourth-order valence-electron chi connectivity index (χ4n) is 3.11. The topological polar surface area (TPSA) is 36.4 Å². The monoisotopic (exact) mass is 327 g/mol. The largest absolute Gasteiger partial charge is 0.335 e. The minimum absolute atomic E-state index is 0.187. The molecule has 2 fully saturated rings. The molecule has 120 valence electrons. The van der Waals surface area contributed by atoms with Crippen molar-refractivity contribution in [1.82, 2.24) is 14.8 Å². The minimum atomic E-state index is 0.187. The molecular formula is C18H21N3OS. The number of nitrogens with zero attached hydrogens (tertiary/aromatic N) is 3. The molecule has 2 aliphatic rings. The molecular weight excluding hydrogens is 306 g/mol. The zero-order valence-electron chi connectivity index (χ0n) is 13.1. The molecule has 0 radical (unpaired) electrons. The summed E-state index contributed by atoms with van der Waals surface area (Å²) in [6.07, 6.45) is 6.44. The predicted molar refractivity (Wildman–Crippen MR) is 91.4 cm³/mol. The normalized spacial score (nSPS) is 18.2. The second-order valence-corrected chi connectivity index (χ2v) is 7.52. The van der Waals surface area contributed by atoms with Gasteiger partial charge in [0.2, 0.25) is 0 Å². The summed E-state index contributed by atoms with van der Waals surface area (Å²) >= 11 is 1.53. The molecule has 23 heavy (non-hydrogen) atoms. The van der Waals surface area contributed by atoms with Gasteiger partial charge >= 0.3 is 0 Å². The maximum atomic E-state index is 12.4. The Hall–Kier alpha value is -1.72. The van der Waals surface area contributed by atoms with Crippen LogP contribution < -0.4 is 0 Å². The van der Waals surface area contributed by atoms with Crippen molar-refractivity contribution in [2.24, 2.45) is 5.92 Å². The van der Waals surface area contributed by atoms with E-state index in [2.05, 4.69) is 22.0 Å². The highest BCUT2D eigenvalue weighted by molar-refractivity contribution is 7.12. The third kappa shape index (κ3) is 3.46. The smallest absolute Gasteiger partial charge is 0.264 e. The Morgan fingerprint density at radius 2 is 2.04 bits per heavy atom. The highest BCUT2D eigenvalue weighted by Gasteiger charge is 2.37. The van der Waals surface area contributed by atoms with Gasteiger partial charge in [0.25, 0.3) is 5.91 Å². The number of hydrogen-bond donors (Lipinski definition) is 0. The Morgan fingerprint density at radius 1 is 1.26 bits per heavy atom. The van der Waals surface area contributed by atoms with Gasteiger partial charge < -0.3 is 4.90 Å². The summed E-state index contributed by atoms with van der Waals surface area (Å²) in [5.74, 6) is 1.05. The lowest BCUT2D eigenvalue weighted by molar-refractivity contribution is 0.0223. The fraction of sp³-hybridized carbons (Fsp3) is 0.444. The van der Waals surface area contributed by atoms with Crippen LogP contribution in [0.3, 0.4) is 0 Å². The zero-order chi connectivity index (χ0) is 15.6. The Balaban J connectivity index is 1.37. The van der Waals surface area contributed by atoms with Gasteiger partial charge in [-0.15, -0.1) is 11.3 Å². The molecule has 1 aliphatic carbocycles. The number of thiophene rings is 1. The Bertz CT molecular complexity index is 648. The van der Waals surface area contributed by atoms with Crippen LogP contribution in [0.1, 0.15) is 28.1 Å². The molecule has 1 saturated carbocycles. The van der Waals surface area contributed by atoms with Gasteiger partial charge in [-0.1, -0.05) is 6.07 Å². The molecule has 3 heterocycles. The Labute approximate surface area is 140 Å². The van der Waals surface area contributed by atoms with Crippen molar-refractivity contribution in [1.29, 1.82) is 0 Å². The SMILES string of the molecule is O=C(c1cccs1)N1CC(N(Cc2ccncc2)CC2CC2)C1. The van der Waals surface area contributed by atoms with Crippen LogP contribution in [0.25, 0.3) is 0 Å². The zero-order valence-corrected chi connectivity index (χ0v) is 13.9. The highest BCUT2D eigenvalue weighted by Crippen LogP contribution is 2.32. The van der Waals surface area contributed by atoms with Crippen LogP contribution in [-0.4, -0.2) is 46.4 Å².